The smallest absolute Gasteiger partial charge is 0.279 e. The van der Waals surface area contributed by atoms with Crippen molar-refractivity contribution in [3.05, 3.63) is 76.7 Å². The largest absolute Gasteiger partial charge is 0.497 e. The zero-order valence-corrected chi connectivity index (χ0v) is 19.1. The van der Waals surface area contributed by atoms with Gasteiger partial charge in [-0.1, -0.05) is 18.2 Å². The van der Waals surface area contributed by atoms with Gasteiger partial charge in [-0.05, 0) is 18.2 Å². The molecule has 34 heavy (non-hydrogen) atoms. The van der Waals surface area contributed by atoms with E-state index in [-0.39, 0.29) is 11.3 Å². The highest BCUT2D eigenvalue weighted by Crippen LogP contribution is 2.30. The quantitative estimate of drug-likeness (QED) is 0.448. The highest BCUT2D eigenvalue weighted by atomic mass is 16.5. The number of amides is 1. The molecule has 0 atom stereocenters. The summed E-state index contributed by atoms with van der Waals surface area (Å²) in [6, 6.07) is 16.8. The van der Waals surface area contributed by atoms with Gasteiger partial charge >= 0.3 is 0 Å². The molecule has 1 aromatic heterocycles. The van der Waals surface area contributed by atoms with Crippen molar-refractivity contribution in [2.45, 2.75) is 0 Å². The summed E-state index contributed by atoms with van der Waals surface area (Å²) >= 11 is 0. The maximum atomic E-state index is 13.4. The minimum Gasteiger partial charge on any atom is -0.497 e. The first kappa shape index (κ1) is 22.7. The first-order valence-electron chi connectivity index (χ1n) is 10.3. The lowest BCUT2D eigenvalue weighted by Crippen LogP contribution is -2.26. The number of nitrogens with one attached hydrogen (secondary N) is 1. The van der Waals surface area contributed by atoms with Crippen LogP contribution in [0.5, 0.6) is 23.0 Å². The fraction of sp³-hybridized carbons (Fsp3) is 0.160. The molecule has 9 heteroatoms. The van der Waals surface area contributed by atoms with Crippen molar-refractivity contribution in [3.8, 4) is 28.7 Å². The Bertz CT molecular complexity index is 1410. The maximum absolute atomic E-state index is 13.4. The van der Waals surface area contributed by atoms with E-state index >= 15 is 0 Å². The number of aromatic nitrogens is 2. The number of anilines is 1. The lowest BCUT2D eigenvalue weighted by molar-refractivity contribution is 0.102. The molecule has 0 unspecified atom stereocenters. The highest BCUT2D eigenvalue weighted by molar-refractivity contribution is 6.11. The van der Waals surface area contributed by atoms with Gasteiger partial charge in [-0.3, -0.25) is 9.59 Å². The molecule has 0 bridgehead atoms. The van der Waals surface area contributed by atoms with Crippen LogP contribution in [0.15, 0.2) is 65.5 Å². The summed E-state index contributed by atoms with van der Waals surface area (Å²) in [5, 5.41) is 8.00. The zero-order chi connectivity index (χ0) is 24.2. The maximum Gasteiger partial charge on any atom is 0.279 e. The highest BCUT2D eigenvalue weighted by Gasteiger charge is 2.20. The van der Waals surface area contributed by atoms with Crippen LogP contribution in [-0.4, -0.2) is 44.1 Å². The molecule has 0 radical (unpaired) electrons. The molecule has 0 aliphatic heterocycles. The summed E-state index contributed by atoms with van der Waals surface area (Å²) in [6.45, 7) is 0. The van der Waals surface area contributed by atoms with Gasteiger partial charge < -0.3 is 24.3 Å². The van der Waals surface area contributed by atoms with E-state index < -0.39 is 5.91 Å². The van der Waals surface area contributed by atoms with E-state index in [1.54, 1.807) is 67.8 Å². The van der Waals surface area contributed by atoms with Crippen LogP contribution in [0, 0.1) is 0 Å². The lowest BCUT2D eigenvalue weighted by atomic mass is 10.1. The standard InChI is InChI=1S/C25H23N3O6/c1-31-16-9-10-21(22(14-16)34-4)26-24(29)23-19-7-5-6-8-20(19)25(30)28(27-23)15-11-17(32-2)13-18(12-15)33-3/h5-14H,1-4H3,(H,26,29). The van der Waals surface area contributed by atoms with Gasteiger partial charge in [0, 0.05) is 29.7 Å². The molecular weight excluding hydrogens is 438 g/mol. The topological polar surface area (TPSA) is 101 Å². The minimum atomic E-state index is -0.511. The van der Waals surface area contributed by atoms with E-state index in [4.69, 9.17) is 18.9 Å². The molecule has 3 aromatic carbocycles. The summed E-state index contributed by atoms with van der Waals surface area (Å²) in [7, 11) is 6.06. The Morgan fingerprint density at radius 3 is 2.06 bits per heavy atom. The Balaban J connectivity index is 1.87. The number of hydrogen-bond donors (Lipinski definition) is 1. The molecule has 0 saturated heterocycles. The lowest BCUT2D eigenvalue weighted by Gasteiger charge is -2.14. The molecule has 0 saturated carbocycles. The summed E-state index contributed by atoms with van der Waals surface area (Å²) in [4.78, 5) is 26.7. The van der Waals surface area contributed by atoms with Crippen molar-refractivity contribution >= 4 is 22.4 Å². The third kappa shape index (κ3) is 4.23. The minimum absolute atomic E-state index is 0.0647. The summed E-state index contributed by atoms with van der Waals surface area (Å²) in [5.41, 5.74) is 0.502. The van der Waals surface area contributed by atoms with Crippen molar-refractivity contribution in [3.63, 3.8) is 0 Å². The fourth-order valence-corrected chi connectivity index (χ4v) is 3.53. The van der Waals surface area contributed by atoms with E-state index in [1.807, 2.05) is 0 Å². The third-order valence-electron chi connectivity index (χ3n) is 5.26. The van der Waals surface area contributed by atoms with E-state index in [0.717, 1.165) is 4.68 Å². The molecule has 0 fully saturated rings. The Hall–Kier alpha value is -4.53. The predicted molar refractivity (Wildman–Crippen MR) is 128 cm³/mol. The number of carbonyl (C=O) groups excluding carboxylic acids is 1. The molecule has 9 nitrogen and oxygen atoms in total. The van der Waals surface area contributed by atoms with Crippen LogP contribution in [0.4, 0.5) is 5.69 Å². The molecule has 174 valence electrons. The van der Waals surface area contributed by atoms with Crippen LogP contribution in [0.2, 0.25) is 0 Å². The predicted octanol–water partition coefficient (Wildman–Crippen LogP) is 3.67. The molecule has 1 N–H and O–H groups in total. The van der Waals surface area contributed by atoms with Gasteiger partial charge in [-0.25, -0.2) is 0 Å². The molecule has 4 rings (SSSR count). The van der Waals surface area contributed by atoms with Gasteiger partial charge in [0.1, 0.15) is 23.0 Å². The van der Waals surface area contributed by atoms with Gasteiger partial charge in [0.05, 0.1) is 45.2 Å². The fourth-order valence-electron chi connectivity index (χ4n) is 3.53. The van der Waals surface area contributed by atoms with E-state index in [1.165, 1.54) is 21.3 Å². The van der Waals surface area contributed by atoms with Crippen LogP contribution in [0.1, 0.15) is 10.5 Å². The van der Waals surface area contributed by atoms with Crippen LogP contribution >= 0.6 is 0 Å². The first-order valence-corrected chi connectivity index (χ1v) is 10.3. The number of methoxy groups -OCH3 is 4. The van der Waals surface area contributed by atoms with Gasteiger partial charge in [0.25, 0.3) is 11.5 Å². The van der Waals surface area contributed by atoms with Crippen LogP contribution < -0.4 is 29.8 Å². The molecule has 1 heterocycles. The van der Waals surface area contributed by atoms with E-state index in [0.29, 0.717) is 45.1 Å². The van der Waals surface area contributed by atoms with Crippen molar-refractivity contribution in [2.24, 2.45) is 0 Å². The van der Waals surface area contributed by atoms with Gasteiger partial charge in [0.2, 0.25) is 0 Å². The van der Waals surface area contributed by atoms with E-state index in [9.17, 15) is 9.59 Å². The number of nitrogens with zero attached hydrogens (tertiary/aromatic N) is 2. The second kappa shape index (κ2) is 9.53. The molecule has 4 aromatic rings. The summed E-state index contributed by atoms with van der Waals surface area (Å²) in [5.74, 6) is 1.44. The zero-order valence-electron chi connectivity index (χ0n) is 19.1. The second-order valence-electron chi connectivity index (χ2n) is 7.20. The molecule has 0 aliphatic rings. The van der Waals surface area contributed by atoms with Crippen molar-refractivity contribution in [1.82, 2.24) is 9.78 Å². The Kier molecular flexibility index (Phi) is 6.35. The van der Waals surface area contributed by atoms with Gasteiger partial charge in [0.15, 0.2) is 5.69 Å². The number of benzene rings is 3. The summed E-state index contributed by atoms with van der Waals surface area (Å²) < 4.78 is 22.4. The average Bonchev–Trinajstić information content (AvgIpc) is 2.88. The number of hydrogen-bond acceptors (Lipinski definition) is 7. The first-order chi connectivity index (χ1) is 16.5. The Labute approximate surface area is 195 Å². The molecular formula is C25H23N3O6. The van der Waals surface area contributed by atoms with Gasteiger partial charge in [-0.2, -0.15) is 9.78 Å². The monoisotopic (exact) mass is 461 g/mol. The normalized spacial score (nSPS) is 10.6. The van der Waals surface area contributed by atoms with Crippen LogP contribution in [-0.2, 0) is 0 Å². The van der Waals surface area contributed by atoms with Crippen LogP contribution in [0.3, 0.4) is 0 Å². The average molecular weight is 461 g/mol. The van der Waals surface area contributed by atoms with Crippen molar-refractivity contribution in [1.29, 1.82) is 0 Å². The van der Waals surface area contributed by atoms with Crippen LogP contribution in [0.25, 0.3) is 16.5 Å². The van der Waals surface area contributed by atoms with Crippen molar-refractivity contribution in [2.75, 3.05) is 33.8 Å². The Morgan fingerprint density at radius 2 is 1.44 bits per heavy atom. The molecule has 0 spiro atoms. The third-order valence-corrected chi connectivity index (χ3v) is 5.26. The Morgan fingerprint density at radius 1 is 0.794 bits per heavy atom. The second-order valence-corrected chi connectivity index (χ2v) is 7.20. The summed E-state index contributed by atoms with van der Waals surface area (Å²) in [6.07, 6.45) is 0. The van der Waals surface area contributed by atoms with Crippen molar-refractivity contribution < 1.29 is 23.7 Å². The molecule has 0 aliphatic carbocycles. The molecule has 1 amide bonds. The number of fused-ring (bicyclic) bond motifs is 1. The van der Waals surface area contributed by atoms with Gasteiger partial charge in [-0.15, -0.1) is 0 Å². The number of carbonyl (C=O) groups is 1. The number of ether oxygens (including phenoxy) is 4. The van der Waals surface area contributed by atoms with E-state index in [2.05, 4.69) is 10.4 Å². The number of rotatable bonds is 7. The SMILES string of the molecule is COc1cc(OC)cc(-n2nc(C(=O)Nc3ccc(OC)cc3OC)c3ccccc3c2=O)c1.